The van der Waals surface area contributed by atoms with Gasteiger partial charge in [0.2, 0.25) is 0 Å². The first-order chi connectivity index (χ1) is 7.97. The summed E-state index contributed by atoms with van der Waals surface area (Å²) in [5, 5.41) is 10.7. The molecule has 0 fully saturated rings. The van der Waals surface area contributed by atoms with Crippen LogP contribution in [0.3, 0.4) is 0 Å². The number of ether oxygens (including phenoxy) is 1. The Hall–Kier alpha value is -1.62. The quantitative estimate of drug-likeness (QED) is 0.472. The fourth-order valence-corrected chi connectivity index (χ4v) is 1.77. The minimum atomic E-state index is -0.573. The van der Waals surface area contributed by atoms with E-state index in [1.807, 2.05) is 0 Å². The second-order valence-corrected chi connectivity index (χ2v) is 3.81. The number of aryl methyl sites for hydroxylation is 1. The molecular formula is C11H12ClNO4. The van der Waals surface area contributed by atoms with Crippen LogP contribution >= 0.6 is 11.6 Å². The Morgan fingerprint density at radius 1 is 1.53 bits per heavy atom. The molecular weight excluding hydrogens is 246 g/mol. The number of esters is 1. The molecule has 0 bridgehead atoms. The molecule has 0 aliphatic heterocycles. The van der Waals surface area contributed by atoms with Gasteiger partial charge in [0.1, 0.15) is 5.02 Å². The molecule has 0 spiro atoms. The second-order valence-electron chi connectivity index (χ2n) is 3.43. The fourth-order valence-electron chi connectivity index (χ4n) is 1.42. The molecule has 0 saturated carbocycles. The lowest BCUT2D eigenvalue weighted by Crippen LogP contribution is -2.09. The Morgan fingerprint density at radius 2 is 2.18 bits per heavy atom. The number of halogens is 1. The number of hydrogen-bond donors (Lipinski definition) is 0. The topological polar surface area (TPSA) is 69.4 Å². The van der Waals surface area contributed by atoms with E-state index in [1.54, 1.807) is 19.9 Å². The van der Waals surface area contributed by atoms with Crippen LogP contribution in [0.5, 0.6) is 0 Å². The largest absolute Gasteiger partial charge is 0.466 e. The van der Waals surface area contributed by atoms with E-state index in [4.69, 9.17) is 16.3 Å². The number of carbonyl (C=O) groups is 1. The van der Waals surface area contributed by atoms with Gasteiger partial charge in [0.15, 0.2) is 0 Å². The zero-order valence-electron chi connectivity index (χ0n) is 9.53. The maximum Gasteiger partial charge on any atom is 0.310 e. The van der Waals surface area contributed by atoms with E-state index < -0.39 is 10.9 Å². The third-order valence-electron chi connectivity index (χ3n) is 2.28. The van der Waals surface area contributed by atoms with Crippen molar-refractivity contribution in [1.82, 2.24) is 0 Å². The van der Waals surface area contributed by atoms with Crippen LogP contribution in [-0.4, -0.2) is 17.5 Å². The van der Waals surface area contributed by atoms with Crippen LogP contribution in [0, 0.1) is 17.0 Å². The summed E-state index contributed by atoms with van der Waals surface area (Å²) in [6.07, 6.45) is -0.0554. The molecule has 0 N–H and O–H groups in total. The van der Waals surface area contributed by atoms with Crippen LogP contribution in [0.2, 0.25) is 5.02 Å². The molecule has 5 nitrogen and oxygen atoms in total. The molecule has 6 heteroatoms. The molecule has 0 aliphatic carbocycles. The maximum absolute atomic E-state index is 11.3. The molecule has 1 aromatic carbocycles. The van der Waals surface area contributed by atoms with Crippen molar-refractivity contribution in [2.45, 2.75) is 20.3 Å². The van der Waals surface area contributed by atoms with Crippen molar-refractivity contribution in [3.63, 3.8) is 0 Å². The minimum absolute atomic E-state index is 0.00283. The van der Waals surface area contributed by atoms with Crippen molar-refractivity contribution < 1.29 is 14.5 Å². The standard InChI is InChI=1S/C11H12ClNO4/c1-3-17-10(14)6-8-7(2)4-5-9(11(8)12)13(15)16/h4-5H,3,6H2,1-2H3. The van der Waals surface area contributed by atoms with Crippen molar-refractivity contribution in [3.8, 4) is 0 Å². The van der Waals surface area contributed by atoms with Crippen molar-refractivity contribution in [2.75, 3.05) is 6.61 Å². The van der Waals surface area contributed by atoms with Crippen molar-refractivity contribution in [3.05, 3.63) is 38.4 Å². The molecule has 0 heterocycles. The summed E-state index contributed by atoms with van der Waals surface area (Å²) >= 11 is 5.90. The predicted molar refractivity (Wildman–Crippen MR) is 63.2 cm³/mol. The summed E-state index contributed by atoms with van der Waals surface area (Å²) in [6.45, 7) is 3.70. The van der Waals surface area contributed by atoms with E-state index in [0.29, 0.717) is 5.56 Å². The lowest BCUT2D eigenvalue weighted by Gasteiger charge is -2.08. The Kier molecular flexibility index (Phi) is 4.45. The monoisotopic (exact) mass is 257 g/mol. The number of hydrogen-bond acceptors (Lipinski definition) is 4. The van der Waals surface area contributed by atoms with Gasteiger partial charge in [0, 0.05) is 6.07 Å². The van der Waals surface area contributed by atoms with Gasteiger partial charge in [-0.25, -0.2) is 0 Å². The van der Waals surface area contributed by atoms with Gasteiger partial charge in [-0.3, -0.25) is 14.9 Å². The second kappa shape index (κ2) is 5.63. The van der Waals surface area contributed by atoms with Crippen LogP contribution in [0.1, 0.15) is 18.1 Å². The lowest BCUT2D eigenvalue weighted by molar-refractivity contribution is -0.384. The maximum atomic E-state index is 11.3. The summed E-state index contributed by atoms with van der Waals surface area (Å²) in [7, 11) is 0. The predicted octanol–water partition coefficient (Wildman–Crippen LogP) is 2.66. The lowest BCUT2D eigenvalue weighted by atomic mass is 10.0. The van der Waals surface area contributed by atoms with Crippen LogP contribution in [-0.2, 0) is 16.0 Å². The van der Waals surface area contributed by atoms with E-state index in [2.05, 4.69) is 0 Å². The Labute approximate surface area is 103 Å². The average molecular weight is 258 g/mol. The highest BCUT2D eigenvalue weighted by molar-refractivity contribution is 6.33. The zero-order chi connectivity index (χ0) is 13.0. The van der Waals surface area contributed by atoms with E-state index in [9.17, 15) is 14.9 Å². The molecule has 1 aromatic rings. The van der Waals surface area contributed by atoms with Crippen molar-refractivity contribution in [2.24, 2.45) is 0 Å². The Balaban J connectivity index is 3.09. The number of nitro groups is 1. The van der Waals surface area contributed by atoms with E-state index in [-0.39, 0.29) is 23.7 Å². The summed E-state index contributed by atoms with van der Waals surface area (Å²) in [4.78, 5) is 21.5. The zero-order valence-corrected chi connectivity index (χ0v) is 10.3. The molecule has 0 radical (unpaired) electrons. The summed E-state index contributed by atoms with van der Waals surface area (Å²) < 4.78 is 4.79. The van der Waals surface area contributed by atoms with Crippen LogP contribution in [0.15, 0.2) is 12.1 Å². The molecule has 0 aromatic heterocycles. The number of rotatable bonds is 4. The van der Waals surface area contributed by atoms with Gasteiger partial charge < -0.3 is 4.74 Å². The molecule has 1 rings (SSSR count). The smallest absolute Gasteiger partial charge is 0.310 e. The first-order valence-electron chi connectivity index (χ1n) is 5.05. The van der Waals surface area contributed by atoms with Crippen molar-refractivity contribution in [1.29, 1.82) is 0 Å². The minimum Gasteiger partial charge on any atom is -0.466 e. The summed E-state index contributed by atoms with van der Waals surface area (Å²) in [5.41, 5.74) is 0.976. The highest BCUT2D eigenvalue weighted by Gasteiger charge is 2.19. The molecule has 17 heavy (non-hydrogen) atoms. The molecule has 0 atom stereocenters. The summed E-state index contributed by atoms with van der Waals surface area (Å²) in [5.74, 6) is -0.446. The molecule has 0 aliphatic rings. The third-order valence-corrected chi connectivity index (χ3v) is 2.70. The first kappa shape index (κ1) is 13.4. The SMILES string of the molecule is CCOC(=O)Cc1c(C)ccc([N+](=O)[O-])c1Cl. The van der Waals surface area contributed by atoms with Gasteiger partial charge >= 0.3 is 5.97 Å². The molecule has 0 saturated heterocycles. The van der Waals surface area contributed by atoms with Crippen LogP contribution in [0.4, 0.5) is 5.69 Å². The van der Waals surface area contributed by atoms with Gasteiger partial charge in [0.25, 0.3) is 5.69 Å². The van der Waals surface area contributed by atoms with E-state index in [1.165, 1.54) is 6.07 Å². The third kappa shape index (κ3) is 3.17. The Morgan fingerprint density at radius 3 is 2.71 bits per heavy atom. The van der Waals surface area contributed by atoms with E-state index >= 15 is 0 Å². The average Bonchev–Trinajstić information content (AvgIpc) is 2.24. The number of benzene rings is 1. The highest BCUT2D eigenvalue weighted by Crippen LogP contribution is 2.30. The van der Waals surface area contributed by atoms with Gasteiger partial charge in [-0.2, -0.15) is 0 Å². The normalized spacial score (nSPS) is 10.1. The number of carbonyl (C=O) groups excluding carboxylic acids is 1. The Bertz CT molecular complexity index is 459. The van der Waals surface area contributed by atoms with Gasteiger partial charge in [-0.1, -0.05) is 17.7 Å². The molecule has 0 amide bonds. The van der Waals surface area contributed by atoms with Gasteiger partial charge in [-0.05, 0) is 25.0 Å². The van der Waals surface area contributed by atoms with Crippen molar-refractivity contribution >= 4 is 23.3 Å². The number of nitro benzene ring substituents is 1. The highest BCUT2D eigenvalue weighted by atomic mass is 35.5. The van der Waals surface area contributed by atoms with Crippen LogP contribution in [0.25, 0.3) is 0 Å². The van der Waals surface area contributed by atoms with E-state index in [0.717, 1.165) is 5.56 Å². The number of nitrogens with zero attached hydrogens (tertiary/aromatic N) is 1. The summed E-state index contributed by atoms with van der Waals surface area (Å²) in [6, 6.07) is 2.89. The van der Waals surface area contributed by atoms with Gasteiger partial charge in [0.05, 0.1) is 18.0 Å². The van der Waals surface area contributed by atoms with Gasteiger partial charge in [-0.15, -0.1) is 0 Å². The molecule has 0 unspecified atom stereocenters. The molecule has 92 valence electrons. The fraction of sp³-hybridized carbons (Fsp3) is 0.364. The first-order valence-corrected chi connectivity index (χ1v) is 5.43. The van der Waals surface area contributed by atoms with Crippen LogP contribution < -0.4 is 0 Å².